The summed E-state index contributed by atoms with van der Waals surface area (Å²) in [6.45, 7) is 3.83. The third kappa shape index (κ3) is 5.58. The van der Waals surface area contributed by atoms with Crippen molar-refractivity contribution >= 4 is 0 Å². The number of nitrogens with two attached hydrogens (primary N) is 1. The fourth-order valence-electron chi connectivity index (χ4n) is 0.142. The molecule has 0 radical (unpaired) electrons. The first kappa shape index (κ1) is 6.58. The molecule has 0 atom stereocenters. The average Bonchev–Trinajstić information content (AvgIpc) is 1.69. The van der Waals surface area contributed by atoms with Crippen LogP contribution in [0.25, 0.3) is 0 Å². The smallest absolute Gasteiger partial charge is 0.0878 e. The molecule has 4 N–H and O–H groups in total. The maximum atomic E-state index is 4.75. The zero-order valence-corrected chi connectivity index (χ0v) is 3.98. The topological polar surface area (TPSA) is 59.3 Å². The summed E-state index contributed by atoms with van der Waals surface area (Å²) in [5.41, 5.74) is 4.29. The van der Waals surface area contributed by atoms with Crippen LogP contribution in [0.15, 0.2) is 12.7 Å². The van der Waals surface area contributed by atoms with Crippen LogP contribution in [-0.4, -0.2) is 6.61 Å². The van der Waals surface area contributed by atoms with Crippen LogP contribution in [0.5, 0.6) is 0 Å². The van der Waals surface area contributed by atoms with Gasteiger partial charge in [0.05, 0.1) is 6.61 Å². The van der Waals surface area contributed by atoms with Crippen LogP contribution in [0.4, 0.5) is 0 Å². The summed E-state index contributed by atoms with van der Waals surface area (Å²) in [6.07, 6.45) is 1.60. The molecule has 4 heteroatoms. The van der Waals surface area contributed by atoms with Crippen molar-refractivity contribution in [2.75, 3.05) is 6.61 Å². The quantitative estimate of drug-likeness (QED) is 0.186. The Kier molecular flexibility index (Phi) is 5.25. The fourth-order valence-corrected chi connectivity index (χ4v) is 0.142. The minimum atomic E-state index is 0.435. The molecular formula is C3H9N3O. The van der Waals surface area contributed by atoms with E-state index in [2.05, 4.69) is 22.5 Å². The molecule has 0 aliphatic carbocycles. The van der Waals surface area contributed by atoms with E-state index in [0.29, 0.717) is 6.61 Å². The lowest BCUT2D eigenvalue weighted by Crippen LogP contribution is -2.37. The van der Waals surface area contributed by atoms with Crippen molar-refractivity contribution in [3.8, 4) is 0 Å². The zero-order valence-electron chi connectivity index (χ0n) is 3.98. The van der Waals surface area contributed by atoms with Crippen LogP contribution < -0.4 is 17.0 Å². The molecule has 0 aromatic carbocycles. The van der Waals surface area contributed by atoms with Crippen LogP contribution in [0.1, 0.15) is 0 Å². The minimum absolute atomic E-state index is 0.435. The van der Waals surface area contributed by atoms with E-state index in [-0.39, 0.29) is 0 Å². The van der Waals surface area contributed by atoms with E-state index in [0.717, 1.165) is 0 Å². The predicted octanol–water partition coefficient (Wildman–Crippen LogP) is -0.928. The molecule has 0 aromatic rings. The monoisotopic (exact) mass is 103 g/mol. The summed E-state index contributed by atoms with van der Waals surface area (Å²) in [4.78, 5) is 4.53. The van der Waals surface area contributed by atoms with Gasteiger partial charge in [0, 0.05) is 0 Å². The van der Waals surface area contributed by atoms with Crippen molar-refractivity contribution in [1.82, 2.24) is 11.1 Å². The van der Waals surface area contributed by atoms with Gasteiger partial charge in [0.25, 0.3) is 0 Å². The SMILES string of the molecule is C=CCONNN. The summed E-state index contributed by atoms with van der Waals surface area (Å²) in [5.74, 6) is 4.75. The maximum Gasteiger partial charge on any atom is 0.0878 e. The molecule has 0 spiro atoms. The van der Waals surface area contributed by atoms with E-state index in [1.165, 1.54) is 0 Å². The highest BCUT2D eigenvalue weighted by molar-refractivity contribution is 4.62. The second-order valence-corrected chi connectivity index (χ2v) is 0.846. The lowest BCUT2D eigenvalue weighted by atomic mass is 10.7. The minimum Gasteiger partial charge on any atom is -0.282 e. The highest BCUT2D eigenvalue weighted by atomic mass is 16.7. The summed E-state index contributed by atoms with van der Waals surface area (Å²) < 4.78 is 0. The molecule has 0 unspecified atom stereocenters. The normalized spacial score (nSPS) is 8.71. The van der Waals surface area contributed by atoms with Gasteiger partial charge in [-0.1, -0.05) is 6.08 Å². The van der Waals surface area contributed by atoms with Crippen LogP contribution in [0.2, 0.25) is 0 Å². The molecule has 0 saturated carbocycles. The van der Waals surface area contributed by atoms with Crippen LogP contribution in [0, 0.1) is 0 Å². The van der Waals surface area contributed by atoms with E-state index in [1.807, 2.05) is 0 Å². The van der Waals surface area contributed by atoms with E-state index in [4.69, 9.17) is 5.84 Å². The summed E-state index contributed by atoms with van der Waals surface area (Å²) in [5, 5.41) is 0. The van der Waals surface area contributed by atoms with Crippen molar-refractivity contribution in [1.29, 1.82) is 0 Å². The summed E-state index contributed by atoms with van der Waals surface area (Å²) >= 11 is 0. The molecular weight excluding hydrogens is 94.1 g/mol. The lowest BCUT2D eigenvalue weighted by Gasteiger charge is -1.96. The lowest BCUT2D eigenvalue weighted by molar-refractivity contribution is 0.0298. The second-order valence-electron chi connectivity index (χ2n) is 0.846. The van der Waals surface area contributed by atoms with Gasteiger partial charge >= 0.3 is 0 Å². The Balaban J connectivity index is 2.56. The number of hydrazine groups is 2. The van der Waals surface area contributed by atoms with Gasteiger partial charge in [0.15, 0.2) is 0 Å². The Hall–Kier alpha value is -0.420. The van der Waals surface area contributed by atoms with E-state index in [9.17, 15) is 0 Å². The molecule has 0 aliphatic heterocycles. The van der Waals surface area contributed by atoms with E-state index >= 15 is 0 Å². The van der Waals surface area contributed by atoms with Gasteiger partial charge in [0.1, 0.15) is 0 Å². The first-order valence-corrected chi connectivity index (χ1v) is 1.85. The molecule has 0 aromatic heterocycles. The first-order chi connectivity index (χ1) is 3.41. The van der Waals surface area contributed by atoms with Gasteiger partial charge in [-0.2, -0.15) is 5.53 Å². The Morgan fingerprint density at radius 2 is 2.57 bits per heavy atom. The number of rotatable bonds is 4. The number of hydrogen-bond acceptors (Lipinski definition) is 4. The summed E-state index contributed by atoms with van der Waals surface area (Å²) in [7, 11) is 0. The van der Waals surface area contributed by atoms with Crippen molar-refractivity contribution in [2.45, 2.75) is 0 Å². The van der Waals surface area contributed by atoms with Gasteiger partial charge in [-0.15, -0.1) is 12.2 Å². The van der Waals surface area contributed by atoms with Gasteiger partial charge in [-0.05, 0) is 0 Å². The summed E-state index contributed by atoms with van der Waals surface area (Å²) in [6, 6.07) is 0. The second kappa shape index (κ2) is 5.58. The van der Waals surface area contributed by atoms with Crippen LogP contribution >= 0.6 is 0 Å². The van der Waals surface area contributed by atoms with Gasteiger partial charge in [0.2, 0.25) is 0 Å². The van der Waals surface area contributed by atoms with Gasteiger partial charge < -0.3 is 0 Å². The molecule has 42 valence electrons. The van der Waals surface area contributed by atoms with Crippen LogP contribution in [0.3, 0.4) is 0 Å². The number of hydrogen-bond donors (Lipinski definition) is 3. The predicted molar refractivity (Wildman–Crippen MR) is 26.6 cm³/mol. The van der Waals surface area contributed by atoms with Gasteiger partial charge in [-0.3, -0.25) is 10.7 Å². The Labute approximate surface area is 42.2 Å². The zero-order chi connectivity index (χ0) is 5.54. The first-order valence-electron chi connectivity index (χ1n) is 1.85. The van der Waals surface area contributed by atoms with Crippen molar-refractivity contribution in [3.05, 3.63) is 12.7 Å². The van der Waals surface area contributed by atoms with Crippen LogP contribution in [-0.2, 0) is 4.84 Å². The molecule has 7 heavy (non-hydrogen) atoms. The van der Waals surface area contributed by atoms with Crippen molar-refractivity contribution in [3.63, 3.8) is 0 Å². The molecule has 0 amide bonds. The largest absolute Gasteiger partial charge is 0.282 e. The Morgan fingerprint density at radius 1 is 1.86 bits per heavy atom. The fraction of sp³-hybridized carbons (Fsp3) is 0.333. The molecule has 4 nitrogen and oxygen atoms in total. The van der Waals surface area contributed by atoms with E-state index in [1.54, 1.807) is 6.08 Å². The molecule has 0 saturated heterocycles. The molecule has 0 heterocycles. The Bertz CT molecular complexity index is 47.4. The Morgan fingerprint density at radius 3 is 3.00 bits per heavy atom. The van der Waals surface area contributed by atoms with Crippen molar-refractivity contribution < 1.29 is 4.84 Å². The average molecular weight is 103 g/mol. The highest BCUT2D eigenvalue weighted by Crippen LogP contribution is 1.60. The molecule has 0 rings (SSSR count). The third-order valence-corrected chi connectivity index (χ3v) is 0.332. The molecule has 0 aliphatic rings. The molecule has 0 fully saturated rings. The third-order valence-electron chi connectivity index (χ3n) is 0.332. The maximum absolute atomic E-state index is 4.75. The standard InChI is InChI=1S/C3H9N3O/c1-2-3-7-6-5-4/h2,5-6H,1,3-4H2. The highest BCUT2D eigenvalue weighted by Gasteiger charge is 1.70. The van der Waals surface area contributed by atoms with Gasteiger partial charge in [-0.25, -0.2) is 0 Å². The van der Waals surface area contributed by atoms with E-state index < -0.39 is 0 Å². The van der Waals surface area contributed by atoms with Crippen molar-refractivity contribution in [2.24, 2.45) is 5.84 Å². The number of nitrogens with one attached hydrogen (secondary N) is 2. The molecule has 0 bridgehead atoms.